The van der Waals surface area contributed by atoms with E-state index < -0.39 is 6.16 Å². The number of carbonyl (C=O) groups is 1. The fourth-order valence-corrected chi connectivity index (χ4v) is 2.77. The van der Waals surface area contributed by atoms with Crippen molar-refractivity contribution in [2.24, 2.45) is 0 Å². The summed E-state index contributed by atoms with van der Waals surface area (Å²) in [6, 6.07) is 0. The highest BCUT2D eigenvalue weighted by atomic mass is 16.7. The Morgan fingerprint density at radius 3 is 1.38 bits per heavy atom. The summed E-state index contributed by atoms with van der Waals surface area (Å²) in [7, 11) is 0. The summed E-state index contributed by atoms with van der Waals surface area (Å²) >= 11 is 0. The molecule has 144 valence electrons. The van der Waals surface area contributed by atoms with Crippen molar-refractivity contribution in [1.29, 1.82) is 0 Å². The van der Waals surface area contributed by atoms with Crippen LogP contribution in [0.2, 0.25) is 0 Å². The molecule has 0 bridgehead atoms. The molecule has 4 heteroatoms. The second kappa shape index (κ2) is 18.3. The largest absolute Gasteiger partial charge is 0.546 e. The van der Waals surface area contributed by atoms with Crippen molar-refractivity contribution in [1.82, 2.24) is 0 Å². The van der Waals surface area contributed by atoms with Crippen LogP contribution in [-0.4, -0.2) is 43.4 Å². The number of quaternary nitrogens is 1. The molecule has 0 aromatic carbocycles. The zero-order valence-electron chi connectivity index (χ0n) is 16.6. The van der Waals surface area contributed by atoms with Crippen molar-refractivity contribution in [3.8, 4) is 0 Å². The van der Waals surface area contributed by atoms with Crippen LogP contribution in [0.3, 0.4) is 0 Å². The highest BCUT2D eigenvalue weighted by Gasteiger charge is 2.24. The molecule has 0 saturated carbocycles. The van der Waals surface area contributed by atoms with Gasteiger partial charge in [-0.3, -0.25) is 0 Å². The lowest BCUT2D eigenvalue weighted by Gasteiger charge is -2.39. The SMILES string of the molecule is C=CCOC(=O)[O-].CCCC[N+](CCCC)(CCCC)CCCC. The van der Waals surface area contributed by atoms with Crippen LogP contribution < -0.4 is 5.11 Å². The normalized spacial score (nSPS) is 10.7. The number of unbranched alkanes of at least 4 members (excludes halogenated alkanes) is 4. The number of nitrogens with zero attached hydrogens (tertiary/aromatic N) is 1. The first-order chi connectivity index (χ1) is 11.5. The Kier molecular flexibility index (Phi) is 19.2. The van der Waals surface area contributed by atoms with Gasteiger partial charge in [-0.2, -0.15) is 0 Å². The highest BCUT2D eigenvalue weighted by Crippen LogP contribution is 2.16. The van der Waals surface area contributed by atoms with Crippen molar-refractivity contribution in [2.75, 3.05) is 32.8 Å². The summed E-state index contributed by atoms with van der Waals surface area (Å²) in [6.45, 7) is 18.2. The fourth-order valence-electron chi connectivity index (χ4n) is 2.77. The average molecular weight is 344 g/mol. The van der Waals surface area contributed by atoms with E-state index in [0.29, 0.717) is 0 Å². The van der Waals surface area contributed by atoms with E-state index in [2.05, 4.69) is 39.0 Å². The van der Waals surface area contributed by atoms with Gasteiger partial charge in [0.1, 0.15) is 0 Å². The van der Waals surface area contributed by atoms with E-state index in [9.17, 15) is 9.90 Å². The van der Waals surface area contributed by atoms with Gasteiger partial charge in [-0.15, -0.1) is 6.58 Å². The molecule has 0 aliphatic carbocycles. The third-order valence-corrected chi connectivity index (χ3v) is 4.26. The predicted molar refractivity (Wildman–Crippen MR) is 101 cm³/mol. The number of carboxylic acid groups (broad SMARTS) is 1. The number of hydrogen-bond donors (Lipinski definition) is 0. The van der Waals surface area contributed by atoms with E-state index in [0.717, 1.165) is 0 Å². The standard InChI is InChI=1S/C16H36N.C4H6O3/c1-5-9-13-17(14-10-6-2,15-11-7-3)16-12-8-4;1-2-3-7-4(5)6/h5-16H2,1-4H3;2H,1,3H2,(H,5,6)/q+1;/p-1. The summed E-state index contributed by atoms with van der Waals surface area (Å²) in [5.74, 6) is 0. The fraction of sp³-hybridized carbons (Fsp3) is 0.850. The molecule has 0 rings (SSSR count). The molecule has 4 nitrogen and oxygen atoms in total. The molecule has 0 heterocycles. The lowest BCUT2D eigenvalue weighted by molar-refractivity contribution is -0.929. The van der Waals surface area contributed by atoms with Crippen LogP contribution in [0.15, 0.2) is 12.7 Å². The number of hydrogen-bond acceptors (Lipinski definition) is 3. The van der Waals surface area contributed by atoms with Crippen LogP contribution in [-0.2, 0) is 4.74 Å². The Labute approximate surface area is 150 Å². The molecule has 0 aromatic rings. The van der Waals surface area contributed by atoms with E-state index >= 15 is 0 Å². The maximum Gasteiger partial charge on any atom is 0.252 e. The van der Waals surface area contributed by atoms with Gasteiger partial charge in [-0.25, -0.2) is 0 Å². The molecule has 24 heavy (non-hydrogen) atoms. The smallest absolute Gasteiger partial charge is 0.252 e. The van der Waals surface area contributed by atoms with Gasteiger partial charge in [0.05, 0.1) is 26.2 Å². The minimum absolute atomic E-state index is 0.00231. The molecule has 0 N–H and O–H groups in total. The van der Waals surface area contributed by atoms with Crippen molar-refractivity contribution in [2.45, 2.75) is 79.1 Å². The molecular weight excluding hydrogens is 302 g/mol. The molecule has 0 atom stereocenters. The predicted octanol–water partition coefficient (Wildman–Crippen LogP) is 4.54. The minimum atomic E-state index is -1.51. The van der Waals surface area contributed by atoms with Crippen molar-refractivity contribution in [3.05, 3.63) is 12.7 Å². The highest BCUT2D eigenvalue weighted by molar-refractivity contribution is 5.54. The molecule has 0 aromatic heterocycles. The summed E-state index contributed by atoms with van der Waals surface area (Å²) in [5.41, 5.74) is 0. The molecular formula is C20H41NO3. The number of ether oxygens (including phenoxy) is 1. The first-order valence-electron chi connectivity index (χ1n) is 9.81. The Bertz CT molecular complexity index is 255. The summed E-state index contributed by atoms with van der Waals surface area (Å²) in [6.07, 6.45) is 10.9. The van der Waals surface area contributed by atoms with Crippen LogP contribution in [0.4, 0.5) is 4.79 Å². The lowest BCUT2D eigenvalue weighted by Crippen LogP contribution is -2.50. The number of rotatable bonds is 14. The van der Waals surface area contributed by atoms with Crippen LogP contribution in [0, 0.1) is 0 Å². The van der Waals surface area contributed by atoms with Crippen molar-refractivity contribution >= 4 is 6.16 Å². The Morgan fingerprint density at radius 2 is 1.21 bits per heavy atom. The second-order valence-electron chi connectivity index (χ2n) is 6.50. The molecule has 0 spiro atoms. The molecule has 0 radical (unpaired) electrons. The average Bonchev–Trinajstić information content (AvgIpc) is 2.59. The molecule has 0 aliphatic heterocycles. The number of carbonyl (C=O) groups excluding carboxylic acids is 1. The van der Waals surface area contributed by atoms with Crippen LogP contribution in [0.1, 0.15) is 79.1 Å². The maximum atomic E-state index is 9.38. The van der Waals surface area contributed by atoms with E-state index in [1.165, 1.54) is 88.1 Å². The minimum Gasteiger partial charge on any atom is -0.546 e. The monoisotopic (exact) mass is 343 g/mol. The topological polar surface area (TPSA) is 49.4 Å². The van der Waals surface area contributed by atoms with Gasteiger partial charge in [-0.05, 0) is 25.7 Å². The molecule has 0 saturated heterocycles. The van der Waals surface area contributed by atoms with Gasteiger partial charge in [0.25, 0.3) is 6.16 Å². The van der Waals surface area contributed by atoms with Gasteiger partial charge >= 0.3 is 0 Å². The summed E-state index contributed by atoms with van der Waals surface area (Å²) < 4.78 is 5.30. The van der Waals surface area contributed by atoms with Crippen LogP contribution in [0.5, 0.6) is 0 Å². The van der Waals surface area contributed by atoms with E-state index in [4.69, 9.17) is 0 Å². The lowest BCUT2D eigenvalue weighted by atomic mass is 10.1. The third-order valence-electron chi connectivity index (χ3n) is 4.26. The van der Waals surface area contributed by atoms with Crippen molar-refractivity contribution < 1.29 is 19.1 Å². The van der Waals surface area contributed by atoms with Crippen molar-refractivity contribution in [3.63, 3.8) is 0 Å². The van der Waals surface area contributed by atoms with Gasteiger partial charge in [0.2, 0.25) is 0 Å². The first kappa shape index (κ1) is 25.2. The summed E-state index contributed by atoms with van der Waals surface area (Å²) in [5, 5.41) is 9.38. The van der Waals surface area contributed by atoms with E-state index in [1.54, 1.807) is 0 Å². The second-order valence-corrected chi connectivity index (χ2v) is 6.50. The van der Waals surface area contributed by atoms with Gasteiger partial charge in [-0.1, -0.05) is 59.5 Å². The molecule has 0 unspecified atom stereocenters. The third kappa shape index (κ3) is 15.9. The Hall–Kier alpha value is -1.03. The van der Waals surface area contributed by atoms with Gasteiger partial charge in [0.15, 0.2) is 0 Å². The Balaban J connectivity index is 0. The van der Waals surface area contributed by atoms with Crippen LogP contribution >= 0.6 is 0 Å². The Morgan fingerprint density at radius 1 is 0.875 bits per heavy atom. The zero-order valence-corrected chi connectivity index (χ0v) is 16.6. The van der Waals surface area contributed by atoms with Gasteiger partial charge in [0, 0.05) is 6.61 Å². The van der Waals surface area contributed by atoms with Crippen LogP contribution in [0.25, 0.3) is 0 Å². The maximum absolute atomic E-state index is 9.38. The zero-order chi connectivity index (χ0) is 18.7. The summed E-state index contributed by atoms with van der Waals surface area (Å²) in [4.78, 5) is 9.38. The molecule has 0 amide bonds. The molecule has 0 aliphatic rings. The van der Waals surface area contributed by atoms with E-state index in [-0.39, 0.29) is 6.61 Å². The van der Waals surface area contributed by atoms with Gasteiger partial charge < -0.3 is 19.1 Å². The quantitative estimate of drug-likeness (QED) is 0.264. The van der Waals surface area contributed by atoms with E-state index in [1.807, 2.05) is 0 Å². The molecule has 0 fully saturated rings. The first-order valence-corrected chi connectivity index (χ1v) is 9.81.